The number of hydrogen-bond donors (Lipinski definition) is 0. The van der Waals surface area contributed by atoms with Crippen LogP contribution in [-0.2, 0) is 14.8 Å². The van der Waals surface area contributed by atoms with Gasteiger partial charge in [-0.05, 0) is 42.3 Å². The second-order valence-electron chi connectivity index (χ2n) is 5.75. The van der Waals surface area contributed by atoms with E-state index in [1.165, 1.54) is 4.31 Å². The molecule has 6 heteroatoms. The van der Waals surface area contributed by atoms with Gasteiger partial charge >= 0.3 is 0 Å². The van der Waals surface area contributed by atoms with E-state index < -0.39 is 10.0 Å². The molecule has 1 saturated heterocycles. The van der Waals surface area contributed by atoms with Crippen LogP contribution >= 0.6 is 0 Å². The Labute approximate surface area is 142 Å². The fourth-order valence-corrected chi connectivity index (χ4v) is 4.30. The summed E-state index contributed by atoms with van der Waals surface area (Å²) in [4.78, 5) is 0.272. The van der Waals surface area contributed by atoms with Crippen molar-refractivity contribution in [3.05, 3.63) is 59.7 Å². The molecule has 24 heavy (non-hydrogen) atoms. The lowest BCUT2D eigenvalue weighted by molar-refractivity contribution is -0.00288. The van der Waals surface area contributed by atoms with Gasteiger partial charge in [-0.3, -0.25) is 0 Å². The Morgan fingerprint density at radius 1 is 1.12 bits per heavy atom. The molecule has 0 aliphatic carbocycles. The first-order valence-corrected chi connectivity index (χ1v) is 9.27. The predicted molar refractivity (Wildman–Crippen MR) is 91.6 cm³/mol. The van der Waals surface area contributed by atoms with Gasteiger partial charge in [-0.25, -0.2) is 8.42 Å². The average molecular weight is 347 g/mol. The fourth-order valence-electron chi connectivity index (χ4n) is 2.88. The standard InChI is InChI=1S/C18H21NO4S/c1-14-5-3-4-6-17(14)18-13-19(11-12-23-18)24(20,21)16-9-7-15(22-2)8-10-16/h3-10,18H,11-13H2,1-2H3. The Morgan fingerprint density at radius 3 is 2.50 bits per heavy atom. The number of aryl methyl sites for hydroxylation is 1. The third kappa shape index (κ3) is 3.31. The highest BCUT2D eigenvalue weighted by Crippen LogP contribution is 2.28. The zero-order valence-corrected chi connectivity index (χ0v) is 14.6. The van der Waals surface area contributed by atoms with Crippen LogP contribution in [0.3, 0.4) is 0 Å². The van der Waals surface area contributed by atoms with Gasteiger partial charge in [0.25, 0.3) is 0 Å². The highest BCUT2D eigenvalue weighted by atomic mass is 32.2. The molecule has 1 aliphatic heterocycles. The maximum absolute atomic E-state index is 12.9. The number of morpholine rings is 1. The van der Waals surface area contributed by atoms with E-state index >= 15 is 0 Å². The Morgan fingerprint density at radius 2 is 1.83 bits per heavy atom. The maximum Gasteiger partial charge on any atom is 0.243 e. The molecule has 0 aromatic heterocycles. The maximum atomic E-state index is 12.9. The molecule has 0 saturated carbocycles. The highest BCUT2D eigenvalue weighted by molar-refractivity contribution is 7.89. The van der Waals surface area contributed by atoms with Gasteiger partial charge in [-0.15, -0.1) is 0 Å². The van der Waals surface area contributed by atoms with Gasteiger partial charge in [-0.1, -0.05) is 24.3 Å². The lowest BCUT2D eigenvalue weighted by Gasteiger charge is -2.33. The molecule has 1 fully saturated rings. The van der Waals surface area contributed by atoms with E-state index in [0.29, 0.717) is 25.4 Å². The van der Waals surface area contributed by atoms with Crippen LogP contribution < -0.4 is 4.74 Å². The number of ether oxygens (including phenoxy) is 2. The van der Waals surface area contributed by atoms with Crippen LogP contribution in [0.25, 0.3) is 0 Å². The minimum Gasteiger partial charge on any atom is -0.497 e. The molecule has 5 nitrogen and oxygen atoms in total. The van der Waals surface area contributed by atoms with Crippen LogP contribution in [0.4, 0.5) is 0 Å². The van der Waals surface area contributed by atoms with E-state index in [-0.39, 0.29) is 11.0 Å². The predicted octanol–water partition coefficient (Wildman–Crippen LogP) is 2.77. The van der Waals surface area contributed by atoms with E-state index in [1.807, 2.05) is 31.2 Å². The molecule has 2 aromatic rings. The molecule has 1 heterocycles. The fraction of sp³-hybridized carbons (Fsp3) is 0.333. The van der Waals surface area contributed by atoms with E-state index in [2.05, 4.69) is 0 Å². The molecule has 0 spiro atoms. The van der Waals surface area contributed by atoms with Crippen LogP contribution in [0.5, 0.6) is 5.75 Å². The van der Waals surface area contributed by atoms with Crippen molar-refractivity contribution >= 4 is 10.0 Å². The molecular weight excluding hydrogens is 326 g/mol. The van der Waals surface area contributed by atoms with Crippen molar-refractivity contribution in [2.24, 2.45) is 0 Å². The van der Waals surface area contributed by atoms with Crippen LogP contribution in [-0.4, -0.2) is 39.5 Å². The van der Waals surface area contributed by atoms with E-state index in [0.717, 1.165) is 11.1 Å². The van der Waals surface area contributed by atoms with E-state index in [4.69, 9.17) is 9.47 Å². The highest BCUT2D eigenvalue weighted by Gasteiger charge is 2.31. The van der Waals surface area contributed by atoms with Crippen LogP contribution in [0.15, 0.2) is 53.4 Å². The summed E-state index contributed by atoms with van der Waals surface area (Å²) in [7, 11) is -1.99. The van der Waals surface area contributed by atoms with Gasteiger partial charge < -0.3 is 9.47 Å². The van der Waals surface area contributed by atoms with Crippen molar-refractivity contribution in [1.29, 1.82) is 0 Å². The second-order valence-corrected chi connectivity index (χ2v) is 7.69. The van der Waals surface area contributed by atoms with Crippen molar-refractivity contribution in [3.63, 3.8) is 0 Å². The monoisotopic (exact) mass is 347 g/mol. The van der Waals surface area contributed by atoms with E-state index in [9.17, 15) is 8.42 Å². The molecular formula is C18H21NO4S. The SMILES string of the molecule is COc1ccc(S(=O)(=O)N2CCOC(c3ccccc3C)C2)cc1. The molecule has 0 bridgehead atoms. The van der Waals surface area contributed by atoms with E-state index in [1.54, 1.807) is 31.4 Å². The zero-order valence-electron chi connectivity index (χ0n) is 13.8. The first-order valence-electron chi connectivity index (χ1n) is 7.83. The molecule has 3 rings (SSSR count). The van der Waals surface area contributed by atoms with Gasteiger partial charge in [0.15, 0.2) is 0 Å². The summed E-state index contributed by atoms with van der Waals surface area (Å²) in [5.74, 6) is 0.633. The molecule has 0 radical (unpaired) electrons. The number of benzene rings is 2. The summed E-state index contributed by atoms with van der Waals surface area (Å²) in [6, 6.07) is 14.4. The Hall–Kier alpha value is -1.89. The first kappa shape index (κ1) is 17.0. The summed E-state index contributed by atoms with van der Waals surface area (Å²) in [5.41, 5.74) is 2.14. The number of hydrogen-bond acceptors (Lipinski definition) is 4. The zero-order chi connectivity index (χ0) is 17.2. The van der Waals surface area contributed by atoms with Crippen molar-refractivity contribution < 1.29 is 17.9 Å². The topological polar surface area (TPSA) is 55.8 Å². The first-order chi connectivity index (χ1) is 11.5. The van der Waals surface area contributed by atoms with Crippen LogP contribution in [0.1, 0.15) is 17.2 Å². The summed E-state index contributed by atoms with van der Waals surface area (Å²) in [6.45, 7) is 3.07. The van der Waals surface area contributed by atoms with Crippen molar-refractivity contribution in [2.75, 3.05) is 26.8 Å². The summed E-state index contributed by atoms with van der Waals surface area (Å²) in [6.07, 6.45) is -0.243. The summed E-state index contributed by atoms with van der Waals surface area (Å²) in [5, 5.41) is 0. The number of methoxy groups -OCH3 is 1. The van der Waals surface area contributed by atoms with Crippen LogP contribution in [0.2, 0.25) is 0 Å². The van der Waals surface area contributed by atoms with Gasteiger partial charge in [0.05, 0.1) is 24.7 Å². The smallest absolute Gasteiger partial charge is 0.243 e. The van der Waals surface area contributed by atoms with Gasteiger partial charge in [-0.2, -0.15) is 4.31 Å². The van der Waals surface area contributed by atoms with Gasteiger partial charge in [0.1, 0.15) is 5.75 Å². The van der Waals surface area contributed by atoms with Gasteiger partial charge in [0.2, 0.25) is 10.0 Å². The summed E-state index contributed by atoms with van der Waals surface area (Å²) >= 11 is 0. The average Bonchev–Trinajstić information content (AvgIpc) is 2.62. The minimum atomic E-state index is -3.54. The summed E-state index contributed by atoms with van der Waals surface area (Å²) < 4.78 is 38.2. The molecule has 1 unspecified atom stereocenters. The molecule has 0 N–H and O–H groups in total. The Kier molecular flexibility index (Phi) is 4.89. The van der Waals surface area contributed by atoms with Crippen molar-refractivity contribution in [3.8, 4) is 5.75 Å². The minimum absolute atomic E-state index is 0.243. The quantitative estimate of drug-likeness (QED) is 0.853. The molecule has 2 aromatic carbocycles. The number of sulfonamides is 1. The third-order valence-electron chi connectivity index (χ3n) is 4.26. The normalized spacial score (nSPS) is 19.2. The Bertz CT molecular complexity index is 802. The largest absolute Gasteiger partial charge is 0.497 e. The molecule has 1 atom stereocenters. The Balaban J connectivity index is 1.84. The lowest BCUT2D eigenvalue weighted by atomic mass is 10.0. The number of nitrogens with zero attached hydrogens (tertiary/aromatic N) is 1. The second kappa shape index (κ2) is 6.93. The molecule has 128 valence electrons. The molecule has 0 amide bonds. The van der Waals surface area contributed by atoms with Gasteiger partial charge in [0, 0.05) is 13.1 Å². The van der Waals surface area contributed by atoms with Crippen molar-refractivity contribution in [2.45, 2.75) is 17.9 Å². The lowest BCUT2D eigenvalue weighted by Crippen LogP contribution is -2.42. The number of rotatable bonds is 4. The van der Waals surface area contributed by atoms with Crippen LogP contribution in [0, 0.1) is 6.92 Å². The molecule has 1 aliphatic rings. The third-order valence-corrected chi connectivity index (χ3v) is 6.14. The van der Waals surface area contributed by atoms with Crippen molar-refractivity contribution in [1.82, 2.24) is 4.31 Å².